The topological polar surface area (TPSA) is 37.3 Å². The van der Waals surface area contributed by atoms with Crippen LogP contribution in [0.25, 0.3) is 0 Å². The van der Waals surface area contributed by atoms with Crippen LogP contribution in [0.3, 0.4) is 0 Å². The Labute approximate surface area is 88.5 Å². The lowest BCUT2D eigenvalue weighted by Crippen LogP contribution is -2.34. The number of carbonyl (C=O) groups excluding carboxylic acids is 1. The average Bonchev–Trinajstić information content (AvgIpc) is 2.17. The van der Waals surface area contributed by atoms with Gasteiger partial charge in [-0.1, -0.05) is 30.7 Å². The number of benzene rings is 1. The number of Topliss-reactive ketones (excluding diaryl/α,β-unsaturated/α-hetero) is 1. The second-order valence-corrected chi connectivity index (χ2v) is 3.84. The third-order valence-corrected chi connectivity index (χ3v) is 2.63. The van der Waals surface area contributed by atoms with Crippen LogP contribution in [0.2, 0.25) is 5.02 Å². The SMILES string of the molecule is CCC(C)(O)C(=O)c1ccccc1Cl. The van der Waals surface area contributed by atoms with Gasteiger partial charge in [0.25, 0.3) is 0 Å². The maximum Gasteiger partial charge on any atom is 0.195 e. The Kier molecular flexibility index (Phi) is 3.29. The summed E-state index contributed by atoms with van der Waals surface area (Å²) in [7, 11) is 0. The van der Waals surface area contributed by atoms with Crippen molar-refractivity contribution < 1.29 is 9.90 Å². The smallest absolute Gasteiger partial charge is 0.195 e. The highest BCUT2D eigenvalue weighted by molar-refractivity contribution is 6.34. The van der Waals surface area contributed by atoms with Crippen LogP contribution < -0.4 is 0 Å². The standard InChI is InChI=1S/C11H13ClO2/c1-3-11(2,14)10(13)8-6-4-5-7-9(8)12/h4-7,14H,3H2,1-2H3. The molecule has 1 atom stereocenters. The Morgan fingerprint density at radius 3 is 2.57 bits per heavy atom. The molecule has 0 fully saturated rings. The molecular formula is C11H13ClO2. The van der Waals surface area contributed by atoms with Crippen LogP contribution in [0, 0.1) is 0 Å². The molecule has 76 valence electrons. The summed E-state index contributed by atoms with van der Waals surface area (Å²) in [4.78, 5) is 11.8. The predicted molar refractivity (Wildman–Crippen MR) is 56.7 cm³/mol. The predicted octanol–water partition coefficient (Wildman–Crippen LogP) is 2.68. The van der Waals surface area contributed by atoms with Crippen LogP contribution in [-0.2, 0) is 0 Å². The van der Waals surface area contributed by atoms with E-state index in [0.29, 0.717) is 17.0 Å². The normalized spacial score (nSPS) is 14.9. The second-order valence-electron chi connectivity index (χ2n) is 3.44. The number of ketones is 1. The summed E-state index contributed by atoms with van der Waals surface area (Å²) in [5, 5.41) is 10.1. The first-order chi connectivity index (χ1) is 6.49. The number of hydrogen-bond donors (Lipinski definition) is 1. The average molecular weight is 213 g/mol. The van der Waals surface area contributed by atoms with E-state index in [9.17, 15) is 9.90 Å². The molecule has 0 heterocycles. The molecule has 1 rings (SSSR count). The van der Waals surface area contributed by atoms with Gasteiger partial charge in [0.2, 0.25) is 0 Å². The molecule has 0 aliphatic carbocycles. The van der Waals surface area contributed by atoms with Crippen molar-refractivity contribution in [2.45, 2.75) is 25.9 Å². The first kappa shape index (κ1) is 11.2. The van der Waals surface area contributed by atoms with E-state index in [-0.39, 0.29) is 5.78 Å². The lowest BCUT2D eigenvalue weighted by atomic mass is 9.92. The second kappa shape index (κ2) is 4.11. The maximum absolute atomic E-state index is 11.8. The van der Waals surface area contributed by atoms with Crippen molar-refractivity contribution in [3.8, 4) is 0 Å². The Morgan fingerprint density at radius 2 is 2.07 bits per heavy atom. The summed E-state index contributed by atoms with van der Waals surface area (Å²) in [6.45, 7) is 3.26. The van der Waals surface area contributed by atoms with E-state index in [1.807, 2.05) is 0 Å². The van der Waals surface area contributed by atoms with Gasteiger partial charge in [0, 0.05) is 5.56 Å². The minimum Gasteiger partial charge on any atom is -0.382 e. The molecule has 0 amide bonds. The lowest BCUT2D eigenvalue weighted by Gasteiger charge is -2.19. The molecular weight excluding hydrogens is 200 g/mol. The fourth-order valence-electron chi connectivity index (χ4n) is 1.10. The summed E-state index contributed by atoms with van der Waals surface area (Å²) < 4.78 is 0. The van der Waals surface area contributed by atoms with Crippen LogP contribution in [0.15, 0.2) is 24.3 Å². The van der Waals surface area contributed by atoms with Gasteiger partial charge in [-0.25, -0.2) is 0 Å². The van der Waals surface area contributed by atoms with Gasteiger partial charge in [-0.15, -0.1) is 0 Å². The summed E-state index contributed by atoms with van der Waals surface area (Å²) in [5.41, 5.74) is -0.952. The van der Waals surface area contributed by atoms with Gasteiger partial charge in [0.05, 0.1) is 5.02 Å². The van der Waals surface area contributed by atoms with Crippen LogP contribution in [0.5, 0.6) is 0 Å². The zero-order chi connectivity index (χ0) is 10.8. The van der Waals surface area contributed by atoms with Crippen molar-refractivity contribution in [3.63, 3.8) is 0 Å². The maximum atomic E-state index is 11.8. The molecule has 0 spiro atoms. The molecule has 0 saturated carbocycles. The molecule has 1 aromatic carbocycles. The molecule has 14 heavy (non-hydrogen) atoms. The molecule has 0 aliphatic heterocycles. The Hall–Kier alpha value is -0.860. The molecule has 0 bridgehead atoms. The summed E-state index contributed by atoms with van der Waals surface area (Å²) in [6.07, 6.45) is 0.372. The number of aliphatic hydroxyl groups is 1. The number of rotatable bonds is 3. The van der Waals surface area contributed by atoms with Gasteiger partial charge in [-0.3, -0.25) is 4.79 Å². The van der Waals surface area contributed by atoms with Crippen molar-refractivity contribution in [2.75, 3.05) is 0 Å². The highest BCUT2D eigenvalue weighted by atomic mass is 35.5. The van der Waals surface area contributed by atoms with Crippen molar-refractivity contribution in [3.05, 3.63) is 34.9 Å². The van der Waals surface area contributed by atoms with Gasteiger partial charge in [0.15, 0.2) is 5.78 Å². The highest BCUT2D eigenvalue weighted by Crippen LogP contribution is 2.22. The van der Waals surface area contributed by atoms with Crippen LogP contribution >= 0.6 is 11.6 Å². The molecule has 0 aliphatic rings. The summed E-state index contributed by atoms with van der Waals surface area (Å²) in [6, 6.07) is 6.74. The van der Waals surface area contributed by atoms with E-state index in [2.05, 4.69) is 0 Å². The molecule has 1 aromatic rings. The van der Waals surface area contributed by atoms with Gasteiger partial charge in [0.1, 0.15) is 5.60 Å². The van der Waals surface area contributed by atoms with Crippen LogP contribution in [0.4, 0.5) is 0 Å². The van der Waals surface area contributed by atoms with Crippen molar-refractivity contribution in [1.82, 2.24) is 0 Å². The van der Waals surface area contributed by atoms with Crippen LogP contribution in [0.1, 0.15) is 30.6 Å². The van der Waals surface area contributed by atoms with Crippen molar-refractivity contribution in [2.24, 2.45) is 0 Å². The monoisotopic (exact) mass is 212 g/mol. The van der Waals surface area contributed by atoms with E-state index in [4.69, 9.17) is 11.6 Å². The number of halogens is 1. The van der Waals surface area contributed by atoms with Gasteiger partial charge >= 0.3 is 0 Å². The van der Waals surface area contributed by atoms with E-state index in [0.717, 1.165) is 0 Å². The fourth-order valence-corrected chi connectivity index (χ4v) is 1.32. The molecule has 0 radical (unpaired) electrons. The van der Waals surface area contributed by atoms with Gasteiger partial charge < -0.3 is 5.11 Å². The van der Waals surface area contributed by atoms with E-state index in [1.54, 1.807) is 31.2 Å². The highest BCUT2D eigenvalue weighted by Gasteiger charge is 2.29. The molecule has 1 N–H and O–H groups in total. The van der Waals surface area contributed by atoms with Gasteiger partial charge in [-0.05, 0) is 25.5 Å². The molecule has 0 aromatic heterocycles. The Bertz CT molecular complexity index is 345. The van der Waals surface area contributed by atoms with Gasteiger partial charge in [-0.2, -0.15) is 0 Å². The zero-order valence-electron chi connectivity index (χ0n) is 8.25. The summed E-state index contributed by atoms with van der Waals surface area (Å²) >= 11 is 5.85. The third-order valence-electron chi connectivity index (χ3n) is 2.30. The summed E-state index contributed by atoms with van der Waals surface area (Å²) in [5.74, 6) is -0.328. The molecule has 2 nitrogen and oxygen atoms in total. The number of carbonyl (C=O) groups is 1. The first-order valence-corrected chi connectivity index (χ1v) is 4.88. The number of hydrogen-bond acceptors (Lipinski definition) is 2. The quantitative estimate of drug-likeness (QED) is 0.783. The zero-order valence-corrected chi connectivity index (χ0v) is 9.01. The van der Waals surface area contributed by atoms with E-state index in [1.165, 1.54) is 6.92 Å². The first-order valence-electron chi connectivity index (χ1n) is 4.50. The Morgan fingerprint density at radius 1 is 1.50 bits per heavy atom. The minimum absolute atomic E-state index is 0.328. The molecule has 3 heteroatoms. The van der Waals surface area contributed by atoms with Crippen LogP contribution in [-0.4, -0.2) is 16.5 Å². The van der Waals surface area contributed by atoms with E-state index >= 15 is 0 Å². The van der Waals surface area contributed by atoms with Crippen molar-refractivity contribution >= 4 is 17.4 Å². The third kappa shape index (κ3) is 2.14. The lowest BCUT2D eigenvalue weighted by molar-refractivity contribution is 0.0391. The molecule has 0 saturated heterocycles. The Balaban J connectivity index is 3.07. The minimum atomic E-state index is -1.33. The van der Waals surface area contributed by atoms with E-state index < -0.39 is 5.60 Å². The largest absolute Gasteiger partial charge is 0.382 e. The van der Waals surface area contributed by atoms with Crippen molar-refractivity contribution in [1.29, 1.82) is 0 Å². The molecule has 1 unspecified atom stereocenters. The fraction of sp³-hybridized carbons (Fsp3) is 0.364.